The van der Waals surface area contributed by atoms with Gasteiger partial charge >= 0.3 is 0 Å². The molecule has 0 bridgehead atoms. The van der Waals surface area contributed by atoms with Crippen molar-refractivity contribution in [2.24, 2.45) is 0 Å². The molecular weight excluding hydrogens is 389 g/mol. The van der Waals surface area contributed by atoms with Gasteiger partial charge in [0.15, 0.2) is 18.2 Å². The van der Waals surface area contributed by atoms with Gasteiger partial charge in [-0.3, -0.25) is 25.3 Å². The van der Waals surface area contributed by atoms with Crippen LogP contribution in [0.2, 0.25) is 5.02 Å². The minimum atomic E-state index is -0.511. The Morgan fingerprint density at radius 3 is 2.43 bits per heavy atom. The van der Waals surface area contributed by atoms with E-state index in [0.29, 0.717) is 22.9 Å². The average molecular weight is 410 g/mol. The predicted molar refractivity (Wildman–Crippen MR) is 103 cm³/mol. The van der Waals surface area contributed by atoms with E-state index in [9.17, 15) is 14.0 Å². The molecule has 2 amide bonds. The first-order valence-corrected chi connectivity index (χ1v) is 8.72. The minimum absolute atomic E-state index is 0.00592. The normalized spacial score (nSPS) is 10.5. The van der Waals surface area contributed by atoms with E-state index in [-0.39, 0.29) is 18.9 Å². The van der Waals surface area contributed by atoms with E-state index in [1.54, 1.807) is 42.3 Å². The molecule has 0 fully saturated rings. The van der Waals surface area contributed by atoms with Gasteiger partial charge in [-0.1, -0.05) is 17.7 Å². The van der Waals surface area contributed by atoms with Crippen LogP contribution in [-0.2, 0) is 16.1 Å². The zero-order chi connectivity index (χ0) is 20.5. The summed E-state index contributed by atoms with van der Waals surface area (Å²) in [4.78, 5) is 25.3. The second-order valence-electron chi connectivity index (χ2n) is 5.98. The van der Waals surface area contributed by atoms with Gasteiger partial charge in [0.05, 0.1) is 13.7 Å². The van der Waals surface area contributed by atoms with E-state index in [4.69, 9.17) is 21.1 Å². The Hall–Kier alpha value is -2.84. The maximum Gasteiger partial charge on any atom is 0.276 e. The van der Waals surface area contributed by atoms with E-state index in [1.165, 1.54) is 19.2 Å². The molecule has 2 rings (SSSR count). The Labute approximate surface area is 167 Å². The fourth-order valence-electron chi connectivity index (χ4n) is 2.32. The van der Waals surface area contributed by atoms with Crippen molar-refractivity contribution in [3.8, 4) is 11.5 Å². The van der Waals surface area contributed by atoms with Crippen LogP contribution in [0.3, 0.4) is 0 Å². The van der Waals surface area contributed by atoms with Crippen LogP contribution in [0.5, 0.6) is 11.5 Å². The maximum atomic E-state index is 13.7. The highest BCUT2D eigenvalue weighted by Gasteiger charge is 2.10. The molecule has 0 atom stereocenters. The van der Waals surface area contributed by atoms with Crippen LogP contribution < -0.4 is 20.3 Å². The first-order chi connectivity index (χ1) is 13.4. The van der Waals surface area contributed by atoms with E-state index >= 15 is 0 Å². The number of hydrogen-bond acceptors (Lipinski definition) is 5. The van der Waals surface area contributed by atoms with E-state index in [2.05, 4.69) is 10.9 Å². The molecule has 9 heteroatoms. The number of ether oxygens (including phenoxy) is 2. The smallest absolute Gasteiger partial charge is 0.276 e. The zero-order valence-corrected chi connectivity index (χ0v) is 16.3. The summed E-state index contributed by atoms with van der Waals surface area (Å²) in [5, 5.41) is 0.561. The maximum absolute atomic E-state index is 13.7. The average Bonchev–Trinajstić information content (AvgIpc) is 2.66. The molecule has 7 nitrogen and oxygen atoms in total. The van der Waals surface area contributed by atoms with Crippen LogP contribution in [0.1, 0.15) is 5.56 Å². The molecule has 0 saturated carbocycles. The molecule has 2 aromatic carbocycles. The monoisotopic (exact) mass is 409 g/mol. The van der Waals surface area contributed by atoms with Gasteiger partial charge in [0.25, 0.3) is 11.8 Å². The molecule has 0 saturated heterocycles. The lowest BCUT2D eigenvalue weighted by molar-refractivity contribution is -0.130. The van der Waals surface area contributed by atoms with E-state index < -0.39 is 17.6 Å². The van der Waals surface area contributed by atoms with Gasteiger partial charge in [-0.15, -0.1) is 0 Å². The number of halogens is 2. The minimum Gasteiger partial charge on any atom is -0.494 e. The molecule has 28 heavy (non-hydrogen) atoms. The molecule has 0 radical (unpaired) electrons. The van der Waals surface area contributed by atoms with Crippen molar-refractivity contribution < 1.29 is 23.5 Å². The molecule has 0 spiro atoms. The first kappa shape index (κ1) is 21.5. The van der Waals surface area contributed by atoms with Crippen molar-refractivity contribution in [3.63, 3.8) is 0 Å². The number of nitrogens with zero attached hydrogens (tertiary/aromatic N) is 1. The summed E-state index contributed by atoms with van der Waals surface area (Å²) in [5.41, 5.74) is 5.25. The highest BCUT2D eigenvalue weighted by atomic mass is 35.5. The number of benzene rings is 2. The number of amides is 2. The molecule has 2 aromatic rings. The Bertz CT molecular complexity index is 817. The van der Waals surface area contributed by atoms with Crippen molar-refractivity contribution in [2.75, 3.05) is 27.3 Å². The topological polar surface area (TPSA) is 79.9 Å². The standard InChI is InChI=1S/C19H21ClFN3O4/c1-24(10-13-3-8-17(27-2)16(21)9-13)11-18(25)22-23-19(26)12-28-15-6-4-14(20)5-7-15/h3-9H,10-12H2,1-2H3,(H,22,25)(H,23,26). The van der Waals surface area contributed by atoms with Crippen molar-refractivity contribution in [1.82, 2.24) is 15.8 Å². The largest absolute Gasteiger partial charge is 0.494 e. The lowest BCUT2D eigenvalue weighted by Gasteiger charge is -2.17. The molecule has 2 N–H and O–H groups in total. The highest BCUT2D eigenvalue weighted by molar-refractivity contribution is 6.30. The number of nitrogens with one attached hydrogen (secondary N) is 2. The Balaban J connectivity index is 1.70. The quantitative estimate of drug-likeness (QED) is 0.653. The summed E-state index contributed by atoms with van der Waals surface area (Å²) in [5.74, 6) is -0.754. The number of hydrazine groups is 1. The summed E-state index contributed by atoms with van der Waals surface area (Å²) >= 11 is 5.76. The highest BCUT2D eigenvalue weighted by Crippen LogP contribution is 2.18. The summed E-state index contributed by atoms with van der Waals surface area (Å²) in [7, 11) is 3.09. The van der Waals surface area contributed by atoms with Crippen LogP contribution in [0.4, 0.5) is 4.39 Å². The third-order valence-corrected chi connectivity index (χ3v) is 3.86. The van der Waals surface area contributed by atoms with Crippen LogP contribution in [0.15, 0.2) is 42.5 Å². The second-order valence-corrected chi connectivity index (χ2v) is 6.42. The molecule has 0 aliphatic heterocycles. The number of carbonyl (C=O) groups is 2. The number of hydrogen-bond donors (Lipinski definition) is 2. The van der Waals surface area contributed by atoms with Crippen LogP contribution in [0.25, 0.3) is 0 Å². The van der Waals surface area contributed by atoms with Gasteiger partial charge in [-0.05, 0) is 49.0 Å². The van der Waals surface area contributed by atoms with Gasteiger partial charge in [0.1, 0.15) is 5.75 Å². The number of likely N-dealkylation sites (N-methyl/N-ethyl adjacent to an activating group) is 1. The lowest BCUT2D eigenvalue weighted by atomic mass is 10.2. The second kappa shape index (κ2) is 10.5. The lowest BCUT2D eigenvalue weighted by Crippen LogP contribution is -2.47. The van der Waals surface area contributed by atoms with Crippen molar-refractivity contribution in [2.45, 2.75) is 6.54 Å². The molecule has 0 heterocycles. The van der Waals surface area contributed by atoms with Gasteiger partial charge in [0, 0.05) is 11.6 Å². The molecule has 0 aliphatic carbocycles. The van der Waals surface area contributed by atoms with E-state index in [1.807, 2.05) is 0 Å². The molecule has 0 unspecified atom stereocenters. The Morgan fingerprint density at radius 1 is 1.11 bits per heavy atom. The van der Waals surface area contributed by atoms with Gasteiger partial charge in [-0.25, -0.2) is 4.39 Å². The molecular formula is C19H21ClFN3O4. The van der Waals surface area contributed by atoms with Gasteiger partial charge in [-0.2, -0.15) is 0 Å². The summed E-state index contributed by atoms with van der Waals surface area (Å²) in [6, 6.07) is 11.1. The fourth-order valence-corrected chi connectivity index (χ4v) is 2.44. The molecule has 0 aliphatic rings. The third kappa shape index (κ3) is 7.05. The predicted octanol–water partition coefficient (Wildman–Crippen LogP) is 2.15. The van der Waals surface area contributed by atoms with Crippen LogP contribution >= 0.6 is 11.6 Å². The fraction of sp³-hybridized carbons (Fsp3) is 0.263. The number of methoxy groups -OCH3 is 1. The summed E-state index contributed by atoms with van der Waals surface area (Å²) in [6.45, 7) is 0.0941. The Kier molecular flexibility index (Phi) is 8.03. The summed E-state index contributed by atoms with van der Waals surface area (Å²) < 4.78 is 23.8. The van der Waals surface area contributed by atoms with Gasteiger partial charge < -0.3 is 9.47 Å². The van der Waals surface area contributed by atoms with Crippen molar-refractivity contribution >= 4 is 23.4 Å². The zero-order valence-electron chi connectivity index (χ0n) is 15.5. The summed E-state index contributed by atoms with van der Waals surface area (Å²) in [6.07, 6.45) is 0. The van der Waals surface area contributed by atoms with Crippen LogP contribution in [0, 0.1) is 5.82 Å². The number of carbonyl (C=O) groups excluding carboxylic acids is 2. The van der Waals surface area contributed by atoms with Gasteiger partial charge in [0.2, 0.25) is 0 Å². The van der Waals surface area contributed by atoms with E-state index in [0.717, 1.165) is 0 Å². The molecule has 150 valence electrons. The number of rotatable bonds is 8. The van der Waals surface area contributed by atoms with Crippen molar-refractivity contribution in [1.29, 1.82) is 0 Å². The third-order valence-electron chi connectivity index (χ3n) is 3.61. The first-order valence-electron chi connectivity index (χ1n) is 8.34. The van der Waals surface area contributed by atoms with Crippen LogP contribution in [-0.4, -0.2) is 44.0 Å². The SMILES string of the molecule is COc1ccc(CN(C)CC(=O)NNC(=O)COc2ccc(Cl)cc2)cc1F. The molecule has 0 aromatic heterocycles. The Morgan fingerprint density at radius 2 is 1.79 bits per heavy atom. The van der Waals surface area contributed by atoms with Crippen molar-refractivity contribution in [3.05, 3.63) is 58.9 Å².